The van der Waals surface area contributed by atoms with E-state index in [1.165, 1.54) is 0 Å². The lowest BCUT2D eigenvalue weighted by Gasteiger charge is -2.04. The van der Waals surface area contributed by atoms with E-state index in [4.69, 9.17) is 12.2 Å². The number of benzene rings is 1. The fourth-order valence-electron chi connectivity index (χ4n) is 1.38. The van der Waals surface area contributed by atoms with Gasteiger partial charge in [0.25, 0.3) is 0 Å². The third-order valence-electron chi connectivity index (χ3n) is 2.37. The summed E-state index contributed by atoms with van der Waals surface area (Å²) in [6.07, 6.45) is 1.70. The first-order valence-electron chi connectivity index (χ1n) is 5.45. The molecule has 0 spiro atoms. The van der Waals surface area contributed by atoms with Gasteiger partial charge in [0.1, 0.15) is 5.69 Å². The number of hydrogen-bond acceptors (Lipinski definition) is 4. The molecule has 92 valence electrons. The summed E-state index contributed by atoms with van der Waals surface area (Å²) in [6, 6.07) is 7.71. The molecule has 0 aliphatic rings. The number of nitrogens with one attached hydrogen (secondary N) is 2. The van der Waals surface area contributed by atoms with Gasteiger partial charge in [-0.25, -0.2) is 4.98 Å². The van der Waals surface area contributed by atoms with Gasteiger partial charge in [0, 0.05) is 7.05 Å². The molecule has 1 aromatic heterocycles. The predicted octanol–water partition coefficient (Wildman–Crippen LogP) is 1.45. The quantitative estimate of drug-likeness (QED) is 0.485. The Bertz CT molecular complexity index is 608. The number of fused-ring (bicyclic) bond motifs is 1. The molecule has 1 heterocycles. The minimum atomic E-state index is 0.461. The van der Waals surface area contributed by atoms with Crippen LogP contribution in [0.4, 0.5) is 0 Å². The van der Waals surface area contributed by atoms with Crippen LogP contribution < -0.4 is 10.7 Å². The normalized spacial score (nSPS) is 11.3. The number of para-hydroxylation sites is 2. The summed E-state index contributed by atoms with van der Waals surface area (Å²) in [6.45, 7) is 1.85. The van der Waals surface area contributed by atoms with Crippen LogP contribution in [0, 0.1) is 0 Å². The first-order valence-corrected chi connectivity index (χ1v) is 5.85. The maximum atomic E-state index is 4.94. The van der Waals surface area contributed by atoms with Crippen molar-refractivity contribution in [1.29, 1.82) is 0 Å². The van der Waals surface area contributed by atoms with Crippen molar-refractivity contribution in [3.05, 3.63) is 36.2 Å². The molecule has 0 atom stereocenters. The van der Waals surface area contributed by atoms with Crippen LogP contribution in [0.1, 0.15) is 12.6 Å². The molecule has 0 unspecified atom stereocenters. The highest BCUT2D eigenvalue weighted by atomic mass is 32.1. The molecule has 2 rings (SSSR count). The van der Waals surface area contributed by atoms with Crippen molar-refractivity contribution in [3.8, 4) is 0 Å². The van der Waals surface area contributed by atoms with E-state index in [2.05, 4.69) is 25.8 Å². The fourth-order valence-corrected chi connectivity index (χ4v) is 1.42. The Morgan fingerprint density at radius 2 is 2.00 bits per heavy atom. The number of rotatable bonds is 2. The highest BCUT2D eigenvalue weighted by molar-refractivity contribution is 7.80. The van der Waals surface area contributed by atoms with Gasteiger partial charge in [-0.2, -0.15) is 5.10 Å². The SMILES string of the molecule is CNC(=S)N/N=C(/C)c1cnc2ccccc2n1. The maximum absolute atomic E-state index is 4.94. The second kappa shape index (κ2) is 5.50. The largest absolute Gasteiger partial charge is 0.364 e. The molecule has 0 bridgehead atoms. The monoisotopic (exact) mass is 259 g/mol. The molecule has 2 aromatic rings. The van der Waals surface area contributed by atoms with Gasteiger partial charge in [0.2, 0.25) is 0 Å². The van der Waals surface area contributed by atoms with Crippen LogP contribution in [-0.4, -0.2) is 27.8 Å². The zero-order chi connectivity index (χ0) is 13.0. The zero-order valence-electron chi connectivity index (χ0n) is 10.1. The molecule has 0 fully saturated rings. The van der Waals surface area contributed by atoms with E-state index >= 15 is 0 Å². The van der Waals surface area contributed by atoms with Crippen molar-refractivity contribution in [2.75, 3.05) is 7.05 Å². The summed E-state index contributed by atoms with van der Waals surface area (Å²) in [7, 11) is 1.73. The highest BCUT2D eigenvalue weighted by Crippen LogP contribution is 2.08. The third kappa shape index (κ3) is 2.78. The van der Waals surface area contributed by atoms with Crippen molar-refractivity contribution in [2.45, 2.75) is 6.92 Å². The molecule has 0 amide bonds. The number of hydrazone groups is 1. The van der Waals surface area contributed by atoms with Crippen LogP contribution >= 0.6 is 12.2 Å². The lowest BCUT2D eigenvalue weighted by molar-refractivity contribution is 0.971. The van der Waals surface area contributed by atoms with E-state index in [1.54, 1.807) is 13.2 Å². The standard InChI is InChI=1S/C12H13N5S/c1-8(16-17-12(18)13-2)11-7-14-9-5-3-4-6-10(9)15-11/h3-7H,1-2H3,(H2,13,17,18)/b16-8-. The first-order chi connectivity index (χ1) is 8.70. The van der Waals surface area contributed by atoms with Gasteiger partial charge in [-0.1, -0.05) is 12.1 Å². The topological polar surface area (TPSA) is 62.2 Å². The second-order valence-electron chi connectivity index (χ2n) is 3.63. The van der Waals surface area contributed by atoms with Gasteiger partial charge in [-0.05, 0) is 31.3 Å². The lowest BCUT2D eigenvalue weighted by Crippen LogP contribution is -2.29. The third-order valence-corrected chi connectivity index (χ3v) is 2.67. The van der Waals surface area contributed by atoms with E-state index in [-0.39, 0.29) is 0 Å². The zero-order valence-corrected chi connectivity index (χ0v) is 11.0. The maximum Gasteiger partial charge on any atom is 0.186 e. The summed E-state index contributed by atoms with van der Waals surface area (Å²) in [5.41, 5.74) is 5.89. The average molecular weight is 259 g/mol. The Morgan fingerprint density at radius 3 is 2.72 bits per heavy atom. The predicted molar refractivity (Wildman–Crippen MR) is 76.5 cm³/mol. The molecule has 0 radical (unpaired) electrons. The van der Waals surface area contributed by atoms with E-state index in [9.17, 15) is 0 Å². The molecule has 0 aliphatic carbocycles. The number of thiocarbonyl (C=S) groups is 1. The van der Waals surface area contributed by atoms with E-state index in [0.29, 0.717) is 5.11 Å². The molecular formula is C12H13N5S. The van der Waals surface area contributed by atoms with Gasteiger partial charge in [-0.15, -0.1) is 0 Å². The molecule has 0 saturated heterocycles. The smallest absolute Gasteiger partial charge is 0.186 e. The highest BCUT2D eigenvalue weighted by Gasteiger charge is 2.02. The van der Waals surface area contributed by atoms with Crippen LogP contribution in [0.3, 0.4) is 0 Å². The van der Waals surface area contributed by atoms with Crippen LogP contribution in [0.25, 0.3) is 11.0 Å². The summed E-state index contributed by atoms with van der Waals surface area (Å²) in [5.74, 6) is 0. The Balaban J connectivity index is 2.27. The van der Waals surface area contributed by atoms with Gasteiger partial charge in [0.05, 0.1) is 22.9 Å². The number of hydrogen-bond donors (Lipinski definition) is 2. The first kappa shape index (κ1) is 12.4. The summed E-state index contributed by atoms with van der Waals surface area (Å²) in [4.78, 5) is 8.81. The molecule has 2 N–H and O–H groups in total. The van der Waals surface area contributed by atoms with Crippen LogP contribution in [0.15, 0.2) is 35.6 Å². The van der Waals surface area contributed by atoms with Gasteiger partial charge in [-0.3, -0.25) is 10.4 Å². The summed E-state index contributed by atoms with van der Waals surface area (Å²) < 4.78 is 0. The summed E-state index contributed by atoms with van der Waals surface area (Å²) in [5, 5.41) is 7.37. The molecule has 1 aromatic carbocycles. The Kier molecular flexibility index (Phi) is 3.78. The Hall–Kier alpha value is -2.08. The number of aromatic nitrogens is 2. The van der Waals surface area contributed by atoms with Crippen molar-refractivity contribution >= 4 is 34.1 Å². The van der Waals surface area contributed by atoms with Gasteiger partial charge >= 0.3 is 0 Å². The Morgan fingerprint density at radius 1 is 1.28 bits per heavy atom. The minimum Gasteiger partial charge on any atom is -0.364 e. The van der Waals surface area contributed by atoms with E-state index < -0.39 is 0 Å². The molecule has 18 heavy (non-hydrogen) atoms. The van der Waals surface area contributed by atoms with Crippen molar-refractivity contribution in [2.24, 2.45) is 5.10 Å². The second-order valence-corrected chi connectivity index (χ2v) is 4.04. The van der Waals surface area contributed by atoms with Crippen molar-refractivity contribution < 1.29 is 0 Å². The Labute approximate surface area is 110 Å². The molecule has 6 heteroatoms. The van der Waals surface area contributed by atoms with E-state index in [0.717, 1.165) is 22.4 Å². The van der Waals surface area contributed by atoms with Crippen molar-refractivity contribution in [3.63, 3.8) is 0 Å². The summed E-state index contributed by atoms with van der Waals surface area (Å²) >= 11 is 4.94. The lowest BCUT2D eigenvalue weighted by atomic mass is 10.2. The molecule has 5 nitrogen and oxygen atoms in total. The minimum absolute atomic E-state index is 0.461. The van der Waals surface area contributed by atoms with Crippen LogP contribution in [0.2, 0.25) is 0 Å². The van der Waals surface area contributed by atoms with Crippen molar-refractivity contribution in [1.82, 2.24) is 20.7 Å². The van der Waals surface area contributed by atoms with E-state index in [1.807, 2.05) is 31.2 Å². The molecular weight excluding hydrogens is 246 g/mol. The van der Waals surface area contributed by atoms with Crippen LogP contribution in [0.5, 0.6) is 0 Å². The van der Waals surface area contributed by atoms with Gasteiger partial charge < -0.3 is 5.32 Å². The van der Waals surface area contributed by atoms with Crippen LogP contribution in [-0.2, 0) is 0 Å². The number of nitrogens with zero attached hydrogens (tertiary/aromatic N) is 3. The average Bonchev–Trinajstić information content (AvgIpc) is 2.43. The van der Waals surface area contributed by atoms with Gasteiger partial charge in [0.15, 0.2) is 5.11 Å². The molecule has 0 aliphatic heterocycles. The molecule has 0 saturated carbocycles. The fraction of sp³-hybridized carbons (Fsp3) is 0.167.